The maximum Gasteiger partial charge on any atom is 0.180 e. The third-order valence-corrected chi connectivity index (χ3v) is 6.44. The number of aliphatic hydroxyl groups is 1. The van der Waals surface area contributed by atoms with E-state index in [2.05, 4.69) is 20.9 Å². The van der Waals surface area contributed by atoms with E-state index >= 15 is 0 Å². The zero-order valence-electron chi connectivity index (χ0n) is 20.5. The van der Waals surface area contributed by atoms with Gasteiger partial charge in [0.1, 0.15) is 0 Å². The summed E-state index contributed by atoms with van der Waals surface area (Å²) in [4.78, 5) is 0. The van der Waals surface area contributed by atoms with Crippen LogP contribution in [-0.2, 0) is 0 Å². The second kappa shape index (κ2) is 24.7. The molecule has 0 bridgehead atoms. The first-order valence-corrected chi connectivity index (χ1v) is 13.1. The first-order chi connectivity index (χ1) is 13.7. The van der Waals surface area contributed by atoms with Gasteiger partial charge in [0.25, 0.3) is 0 Å². The Balaban J connectivity index is 0. The highest BCUT2D eigenvalue weighted by atomic mass is 79.9. The maximum atomic E-state index is 9.84. The molecule has 0 unspecified atom stereocenters. The second-order valence-corrected chi connectivity index (χ2v) is 9.57. The average molecular weight is 479 g/mol. The Kier molecular flexibility index (Phi) is 26.9. The van der Waals surface area contributed by atoms with Crippen LogP contribution in [0.1, 0.15) is 142 Å². The zero-order chi connectivity index (χ0) is 20.8. The Hall–Kier alpha value is 0.400. The molecule has 0 aliphatic heterocycles. The van der Waals surface area contributed by atoms with Crippen molar-refractivity contribution in [3.05, 3.63) is 0 Å². The van der Waals surface area contributed by atoms with E-state index in [9.17, 15) is 5.11 Å². The van der Waals surface area contributed by atoms with E-state index in [1.165, 1.54) is 128 Å². The van der Waals surface area contributed by atoms with Crippen molar-refractivity contribution in [3.63, 3.8) is 0 Å². The van der Waals surface area contributed by atoms with Crippen LogP contribution >= 0.6 is 0 Å². The Morgan fingerprint density at radius 2 is 0.690 bits per heavy atom. The molecule has 0 fully saturated rings. The molecule has 0 spiro atoms. The number of halogens is 1. The molecule has 0 radical (unpaired) electrons. The number of hydrogen-bond acceptors (Lipinski definition) is 1. The minimum atomic E-state index is 0. The van der Waals surface area contributed by atoms with Gasteiger partial charge in [-0.25, -0.2) is 0 Å². The van der Waals surface area contributed by atoms with Crippen LogP contribution in [0.2, 0.25) is 0 Å². The van der Waals surface area contributed by atoms with Crippen molar-refractivity contribution in [3.8, 4) is 0 Å². The summed E-state index contributed by atoms with van der Waals surface area (Å²) in [6.45, 7) is 7.20. The molecule has 0 heterocycles. The van der Waals surface area contributed by atoms with E-state index in [0.29, 0.717) is 6.73 Å². The van der Waals surface area contributed by atoms with Crippen LogP contribution in [0.15, 0.2) is 0 Å². The van der Waals surface area contributed by atoms with E-state index in [4.69, 9.17) is 0 Å². The SMILES string of the molecule is CCCCCCCCCCCC[N+](C)(CO)CCCCCCCCCCCC.[Br-]. The Labute approximate surface area is 195 Å². The summed E-state index contributed by atoms with van der Waals surface area (Å²) in [6, 6.07) is 0. The van der Waals surface area contributed by atoms with Gasteiger partial charge in [0.05, 0.1) is 20.1 Å². The van der Waals surface area contributed by atoms with Crippen molar-refractivity contribution < 1.29 is 26.6 Å². The molecule has 0 rings (SSSR count). The molecule has 0 atom stereocenters. The number of aliphatic hydroxyl groups excluding tert-OH is 1. The summed E-state index contributed by atoms with van der Waals surface area (Å²) < 4.78 is 0.869. The van der Waals surface area contributed by atoms with Crippen molar-refractivity contribution in [2.75, 3.05) is 26.9 Å². The van der Waals surface area contributed by atoms with Crippen molar-refractivity contribution in [1.29, 1.82) is 0 Å². The van der Waals surface area contributed by atoms with E-state index in [1.54, 1.807) is 0 Å². The molecule has 0 aromatic heterocycles. The molecule has 0 aliphatic rings. The normalized spacial score (nSPS) is 11.6. The highest BCUT2D eigenvalue weighted by Gasteiger charge is 2.18. The van der Waals surface area contributed by atoms with Crippen LogP contribution in [0.3, 0.4) is 0 Å². The third-order valence-electron chi connectivity index (χ3n) is 6.44. The fourth-order valence-electron chi connectivity index (χ4n) is 4.22. The fraction of sp³-hybridized carbons (Fsp3) is 1.00. The summed E-state index contributed by atoms with van der Waals surface area (Å²) in [6.07, 6.45) is 27.8. The van der Waals surface area contributed by atoms with E-state index in [1.807, 2.05) is 0 Å². The molecule has 0 saturated carbocycles. The molecule has 0 aromatic rings. The van der Waals surface area contributed by atoms with Gasteiger partial charge in [0, 0.05) is 0 Å². The van der Waals surface area contributed by atoms with Crippen LogP contribution in [0.4, 0.5) is 0 Å². The topological polar surface area (TPSA) is 20.2 Å². The summed E-state index contributed by atoms with van der Waals surface area (Å²) in [5.41, 5.74) is 0. The monoisotopic (exact) mass is 477 g/mol. The number of hydrogen-bond donors (Lipinski definition) is 1. The first kappa shape index (κ1) is 31.6. The lowest BCUT2D eigenvalue weighted by Gasteiger charge is -2.32. The quantitative estimate of drug-likeness (QED) is 0.121. The van der Waals surface area contributed by atoms with Crippen LogP contribution in [-0.4, -0.2) is 36.5 Å². The highest BCUT2D eigenvalue weighted by molar-refractivity contribution is 4.50. The minimum Gasteiger partial charge on any atom is -1.00 e. The van der Waals surface area contributed by atoms with E-state index in [-0.39, 0.29) is 17.0 Å². The summed E-state index contributed by atoms with van der Waals surface area (Å²) in [5.74, 6) is 0. The molecule has 178 valence electrons. The van der Waals surface area contributed by atoms with Gasteiger partial charge >= 0.3 is 0 Å². The van der Waals surface area contributed by atoms with Gasteiger partial charge in [-0.1, -0.05) is 117 Å². The maximum absolute atomic E-state index is 9.84. The molecular formula is C26H56BrNO. The minimum absolute atomic E-state index is 0. The molecule has 0 saturated heterocycles. The summed E-state index contributed by atoms with van der Waals surface area (Å²) >= 11 is 0. The standard InChI is InChI=1S/C26H56NO.BrH/c1-4-6-8-10-12-14-16-18-20-22-24-27(3,26-28)25-23-21-19-17-15-13-11-9-7-5-2;/h28H,4-26H2,1-3H3;1H/q+1;/p-1. The first-order valence-electron chi connectivity index (χ1n) is 13.1. The fourth-order valence-corrected chi connectivity index (χ4v) is 4.22. The molecule has 0 aliphatic carbocycles. The summed E-state index contributed by atoms with van der Waals surface area (Å²) in [5, 5.41) is 9.84. The Bertz CT molecular complexity index is 274. The Morgan fingerprint density at radius 3 is 0.931 bits per heavy atom. The van der Waals surface area contributed by atoms with Gasteiger partial charge < -0.3 is 26.6 Å². The number of nitrogens with zero attached hydrogens (tertiary/aromatic N) is 1. The molecule has 3 heteroatoms. The van der Waals surface area contributed by atoms with Crippen molar-refractivity contribution in [2.24, 2.45) is 0 Å². The van der Waals surface area contributed by atoms with Gasteiger partial charge in [0.15, 0.2) is 6.73 Å². The molecule has 0 amide bonds. The van der Waals surface area contributed by atoms with Crippen LogP contribution < -0.4 is 17.0 Å². The predicted octanol–water partition coefficient (Wildman–Crippen LogP) is 5.23. The van der Waals surface area contributed by atoms with Crippen LogP contribution in [0.5, 0.6) is 0 Å². The van der Waals surface area contributed by atoms with Crippen LogP contribution in [0, 0.1) is 0 Å². The van der Waals surface area contributed by atoms with Crippen molar-refractivity contribution in [1.82, 2.24) is 0 Å². The lowest BCUT2D eigenvalue weighted by Crippen LogP contribution is -3.00. The number of unbranched alkanes of at least 4 members (excludes halogenated alkanes) is 18. The van der Waals surface area contributed by atoms with E-state index in [0.717, 1.165) is 17.6 Å². The van der Waals surface area contributed by atoms with E-state index < -0.39 is 0 Å². The molecule has 29 heavy (non-hydrogen) atoms. The zero-order valence-corrected chi connectivity index (χ0v) is 22.1. The van der Waals surface area contributed by atoms with Gasteiger partial charge in [-0.2, -0.15) is 0 Å². The lowest BCUT2D eigenvalue weighted by molar-refractivity contribution is -0.927. The molecule has 0 aromatic carbocycles. The van der Waals surface area contributed by atoms with Crippen LogP contribution in [0.25, 0.3) is 0 Å². The average Bonchev–Trinajstić information content (AvgIpc) is 2.71. The lowest BCUT2D eigenvalue weighted by atomic mass is 10.1. The number of quaternary nitrogens is 1. The highest BCUT2D eigenvalue weighted by Crippen LogP contribution is 2.15. The number of rotatable bonds is 23. The van der Waals surface area contributed by atoms with Crippen molar-refractivity contribution >= 4 is 0 Å². The Morgan fingerprint density at radius 1 is 0.448 bits per heavy atom. The molecule has 2 nitrogen and oxygen atoms in total. The van der Waals surface area contributed by atoms with Crippen molar-refractivity contribution in [2.45, 2.75) is 142 Å². The predicted molar refractivity (Wildman–Crippen MR) is 127 cm³/mol. The molecule has 1 N–H and O–H groups in total. The van der Waals surface area contributed by atoms with Gasteiger partial charge in [-0.3, -0.25) is 0 Å². The largest absolute Gasteiger partial charge is 1.00 e. The smallest absolute Gasteiger partial charge is 0.180 e. The van der Waals surface area contributed by atoms with Gasteiger partial charge in [-0.15, -0.1) is 0 Å². The molecular weight excluding hydrogens is 422 g/mol. The van der Waals surface area contributed by atoms with Gasteiger partial charge in [0.2, 0.25) is 0 Å². The van der Waals surface area contributed by atoms with Gasteiger partial charge in [-0.05, 0) is 25.7 Å². The summed E-state index contributed by atoms with van der Waals surface area (Å²) in [7, 11) is 2.25. The second-order valence-electron chi connectivity index (χ2n) is 9.57. The third kappa shape index (κ3) is 22.9.